The van der Waals surface area contributed by atoms with Crippen molar-refractivity contribution >= 4 is 27.4 Å². The van der Waals surface area contributed by atoms with E-state index in [4.69, 9.17) is 5.73 Å². The number of nitrogens with zero attached hydrogens (tertiary/aromatic N) is 4. The van der Waals surface area contributed by atoms with E-state index in [1.165, 1.54) is 22.1 Å². The summed E-state index contributed by atoms with van der Waals surface area (Å²) in [5.74, 6) is 0.950. The highest BCUT2D eigenvalue weighted by Gasteiger charge is 2.07. The third-order valence-corrected chi connectivity index (χ3v) is 3.30. The van der Waals surface area contributed by atoms with E-state index >= 15 is 0 Å². The number of hydrogen-bond acceptors (Lipinski definition) is 6. The van der Waals surface area contributed by atoms with E-state index in [1.54, 1.807) is 12.3 Å². The zero-order valence-corrected chi connectivity index (χ0v) is 10.1. The largest absolute Gasteiger partial charge is 0.383 e. The predicted molar refractivity (Wildman–Crippen MR) is 69.4 cm³/mol. The van der Waals surface area contributed by atoms with Crippen LogP contribution in [0.5, 0.6) is 0 Å². The van der Waals surface area contributed by atoms with Gasteiger partial charge >= 0.3 is 5.69 Å². The molecule has 0 radical (unpaired) electrons. The molecule has 7 heteroatoms. The van der Waals surface area contributed by atoms with Crippen molar-refractivity contribution in [2.45, 2.75) is 6.54 Å². The van der Waals surface area contributed by atoms with Crippen LogP contribution in [0.2, 0.25) is 0 Å². The van der Waals surface area contributed by atoms with Crippen LogP contribution in [-0.4, -0.2) is 19.5 Å². The maximum Gasteiger partial charge on any atom is 0.347 e. The third kappa shape index (κ3) is 1.84. The Morgan fingerprint density at radius 2 is 2.28 bits per heavy atom. The Balaban J connectivity index is 2.05. The molecule has 3 heterocycles. The van der Waals surface area contributed by atoms with Crippen molar-refractivity contribution in [3.05, 3.63) is 46.2 Å². The van der Waals surface area contributed by atoms with E-state index in [1.807, 2.05) is 11.4 Å². The van der Waals surface area contributed by atoms with Crippen LogP contribution in [0.3, 0.4) is 0 Å². The Morgan fingerprint density at radius 1 is 1.39 bits per heavy atom. The lowest BCUT2D eigenvalue weighted by Crippen LogP contribution is -2.23. The molecule has 0 unspecified atom stereocenters. The first-order valence-corrected chi connectivity index (χ1v) is 6.13. The molecule has 0 spiro atoms. The Hall–Kier alpha value is -2.28. The Morgan fingerprint density at radius 3 is 3.11 bits per heavy atom. The summed E-state index contributed by atoms with van der Waals surface area (Å²) >= 11 is 1.50. The third-order valence-electron chi connectivity index (χ3n) is 2.50. The highest BCUT2D eigenvalue weighted by Crippen LogP contribution is 2.22. The second-order valence-electron chi connectivity index (χ2n) is 3.69. The number of anilines is 1. The molecule has 0 aliphatic rings. The van der Waals surface area contributed by atoms with Gasteiger partial charge in [-0.2, -0.15) is 0 Å². The standard InChI is InChI=1S/C11H9N5OS/c12-9-7-2-5-18-10(7)15-8(14-9)6-16-4-1-3-13-11(16)17/h1-5H,6H2,(H2,12,14,15). The van der Waals surface area contributed by atoms with Gasteiger partial charge < -0.3 is 5.73 Å². The van der Waals surface area contributed by atoms with Gasteiger partial charge in [0.05, 0.1) is 11.9 Å². The fourth-order valence-corrected chi connectivity index (χ4v) is 2.45. The molecule has 0 aliphatic heterocycles. The van der Waals surface area contributed by atoms with Crippen molar-refractivity contribution in [3.63, 3.8) is 0 Å². The number of aromatic nitrogens is 4. The molecule has 0 atom stereocenters. The Labute approximate surface area is 106 Å². The molecule has 0 aliphatic carbocycles. The van der Waals surface area contributed by atoms with Crippen LogP contribution in [0, 0.1) is 0 Å². The minimum atomic E-state index is -0.328. The lowest BCUT2D eigenvalue weighted by Gasteiger charge is -2.04. The predicted octanol–water partition coefficient (Wildman–Crippen LogP) is 0.878. The molecular weight excluding hydrogens is 250 g/mol. The summed E-state index contributed by atoms with van der Waals surface area (Å²) in [6, 6.07) is 3.57. The summed E-state index contributed by atoms with van der Waals surface area (Å²) in [5.41, 5.74) is 5.52. The van der Waals surface area contributed by atoms with Crippen LogP contribution in [0.15, 0.2) is 34.7 Å². The van der Waals surface area contributed by atoms with E-state index in [0.29, 0.717) is 11.6 Å². The van der Waals surface area contributed by atoms with E-state index in [9.17, 15) is 4.79 Å². The van der Waals surface area contributed by atoms with Gasteiger partial charge in [0.25, 0.3) is 0 Å². The molecule has 3 aromatic rings. The highest BCUT2D eigenvalue weighted by atomic mass is 32.1. The SMILES string of the molecule is Nc1nc(Cn2cccnc2=O)nc2sccc12. The van der Waals surface area contributed by atoms with Crippen LogP contribution in [-0.2, 0) is 6.54 Å². The summed E-state index contributed by atoms with van der Waals surface area (Å²) in [6.45, 7) is 0.269. The van der Waals surface area contributed by atoms with Gasteiger partial charge in [-0.1, -0.05) is 0 Å². The van der Waals surface area contributed by atoms with Crippen molar-refractivity contribution in [2.75, 3.05) is 5.73 Å². The molecule has 3 rings (SSSR count). The van der Waals surface area contributed by atoms with Gasteiger partial charge in [-0.25, -0.2) is 19.7 Å². The van der Waals surface area contributed by atoms with Crippen LogP contribution < -0.4 is 11.4 Å². The van der Waals surface area contributed by atoms with E-state index in [2.05, 4.69) is 15.0 Å². The molecule has 0 fully saturated rings. The van der Waals surface area contributed by atoms with Crippen molar-refractivity contribution in [1.29, 1.82) is 0 Å². The molecule has 90 valence electrons. The van der Waals surface area contributed by atoms with Crippen LogP contribution in [0.1, 0.15) is 5.82 Å². The molecule has 18 heavy (non-hydrogen) atoms. The Kier molecular flexibility index (Phi) is 2.52. The summed E-state index contributed by atoms with van der Waals surface area (Å²) in [7, 11) is 0. The molecule has 0 bridgehead atoms. The molecular formula is C11H9N5OS. The van der Waals surface area contributed by atoms with Crippen LogP contribution in [0.25, 0.3) is 10.2 Å². The minimum absolute atomic E-state index is 0.269. The van der Waals surface area contributed by atoms with Gasteiger partial charge in [-0.15, -0.1) is 11.3 Å². The van der Waals surface area contributed by atoms with Gasteiger partial charge in [-0.3, -0.25) is 4.57 Å². The molecule has 0 aromatic carbocycles. The van der Waals surface area contributed by atoms with Gasteiger partial charge in [0, 0.05) is 12.4 Å². The van der Waals surface area contributed by atoms with Crippen molar-refractivity contribution in [1.82, 2.24) is 19.5 Å². The zero-order chi connectivity index (χ0) is 12.5. The number of nitrogens with two attached hydrogens (primary N) is 1. The maximum atomic E-state index is 11.5. The van der Waals surface area contributed by atoms with E-state index in [0.717, 1.165) is 10.2 Å². The van der Waals surface area contributed by atoms with Crippen molar-refractivity contribution in [3.8, 4) is 0 Å². The lowest BCUT2D eigenvalue weighted by molar-refractivity contribution is 0.695. The monoisotopic (exact) mass is 259 g/mol. The van der Waals surface area contributed by atoms with E-state index in [-0.39, 0.29) is 12.2 Å². The molecule has 0 amide bonds. The average Bonchev–Trinajstić information content (AvgIpc) is 2.81. The number of hydrogen-bond donors (Lipinski definition) is 1. The van der Waals surface area contributed by atoms with Gasteiger partial charge in [0.1, 0.15) is 10.6 Å². The van der Waals surface area contributed by atoms with Gasteiger partial charge in [0.2, 0.25) is 0 Å². The lowest BCUT2D eigenvalue weighted by atomic mass is 10.4. The van der Waals surface area contributed by atoms with Crippen LogP contribution in [0.4, 0.5) is 5.82 Å². The smallest absolute Gasteiger partial charge is 0.347 e. The molecule has 0 saturated heterocycles. The van der Waals surface area contributed by atoms with Crippen LogP contribution >= 0.6 is 11.3 Å². The number of fused-ring (bicyclic) bond motifs is 1. The van der Waals surface area contributed by atoms with E-state index < -0.39 is 0 Å². The van der Waals surface area contributed by atoms with Gasteiger partial charge in [-0.05, 0) is 17.5 Å². The molecule has 6 nitrogen and oxygen atoms in total. The topological polar surface area (TPSA) is 86.7 Å². The first kappa shape index (κ1) is 10.8. The van der Waals surface area contributed by atoms with Crippen molar-refractivity contribution < 1.29 is 0 Å². The first-order valence-electron chi connectivity index (χ1n) is 5.25. The maximum absolute atomic E-state index is 11.5. The Bertz CT molecular complexity index is 763. The molecule has 3 aromatic heterocycles. The first-order chi connectivity index (χ1) is 8.74. The fraction of sp³-hybridized carbons (Fsp3) is 0.0909. The molecule has 2 N–H and O–H groups in total. The quantitative estimate of drug-likeness (QED) is 0.738. The second kappa shape index (κ2) is 4.19. The summed E-state index contributed by atoms with van der Waals surface area (Å²) < 4.78 is 1.44. The number of rotatable bonds is 2. The summed E-state index contributed by atoms with van der Waals surface area (Å²) in [5, 5.41) is 2.76. The second-order valence-corrected chi connectivity index (χ2v) is 4.59. The van der Waals surface area contributed by atoms with Gasteiger partial charge in [0.15, 0.2) is 5.82 Å². The summed E-state index contributed by atoms with van der Waals surface area (Å²) in [6.07, 6.45) is 3.10. The molecule has 0 saturated carbocycles. The number of nitrogen functional groups attached to an aromatic ring is 1. The highest BCUT2D eigenvalue weighted by molar-refractivity contribution is 7.16. The fourth-order valence-electron chi connectivity index (χ4n) is 1.65. The normalized spacial score (nSPS) is 10.9. The summed E-state index contributed by atoms with van der Waals surface area (Å²) in [4.78, 5) is 24.6. The van der Waals surface area contributed by atoms with Crippen molar-refractivity contribution in [2.24, 2.45) is 0 Å². The minimum Gasteiger partial charge on any atom is -0.383 e. The average molecular weight is 259 g/mol. The number of thiophene rings is 1. The zero-order valence-electron chi connectivity index (χ0n) is 9.28.